The fourth-order valence-electron chi connectivity index (χ4n) is 8.51. The van der Waals surface area contributed by atoms with Crippen molar-refractivity contribution < 1.29 is 0 Å². The molecule has 6 aromatic carbocycles. The van der Waals surface area contributed by atoms with Gasteiger partial charge >= 0.3 is 0 Å². The van der Waals surface area contributed by atoms with Crippen molar-refractivity contribution in [1.29, 1.82) is 0 Å². The molecule has 0 amide bonds. The third-order valence-corrected chi connectivity index (χ3v) is 12.3. The Morgan fingerprint density at radius 2 is 0.438 bits per heavy atom. The van der Waals surface area contributed by atoms with Gasteiger partial charge in [-0.1, -0.05) is 217 Å². The minimum atomic E-state index is -0.0716. The van der Waals surface area contributed by atoms with E-state index in [-0.39, 0.29) is 21.7 Å². The lowest BCUT2D eigenvalue weighted by Gasteiger charge is -2.25. The van der Waals surface area contributed by atoms with E-state index < -0.39 is 0 Å². The topological polar surface area (TPSA) is 25.8 Å². The Balaban J connectivity index is 1.22. The quantitative estimate of drug-likeness (QED) is 0.160. The van der Waals surface area contributed by atoms with Crippen LogP contribution in [-0.2, 0) is 21.7 Å². The van der Waals surface area contributed by atoms with E-state index >= 15 is 0 Å². The van der Waals surface area contributed by atoms with E-state index in [9.17, 15) is 0 Å². The number of aromatic nitrogens is 2. The minimum Gasteiger partial charge on any atom is -0.257 e. The molecule has 2 nitrogen and oxygen atoms in total. The number of nitrogens with zero attached hydrogens (tertiary/aromatic N) is 2. The van der Waals surface area contributed by atoms with Gasteiger partial charge in [0.2, 0.25) is 0 Å². The number of hydrogen-bond donors (Lipinski definition) is 0. The molecule has 8 aromatic rings. The zero-order valence-electron chi connectivity index (χ0n) is 40.1. The summed E-state index contributed by atoms with van der Waals surface area (Å²) in [5.74, 6) is 0. The minimum absolute atomic E-state index is 0.0716. The first-order valence-electron chi connectivity index (χ1n) is 22.9. The van der Waals surface area contributed by atoms with Crippen molar-refractivity contribution >= 4 is 0 Å². The predicted octanol–water partition coefficient (Wildman–Crippen LogP) is 17.3. The average molecular weight is 837 g/mol. The standard InChI is InChI=1S/C62H64N2/c1-59(2,3)55-37-45(38-56(63-55)60(4,5)6)41-23-21-25-43(35-41)47-27-13-15-29-49(47)51-31-17-19-33-53(51)54-34-20-18-32-52(54)50-30-16-14-28-48(50)44-26-22-24-42(36-44)46-39-57(61(7,8)9)64-58(40-46)62(10,11)12/h13-40H,1-12H3. The third-order valence-electron chi connectivity index (χ3n) is 12.3. The molecule has 0 saturated carbocycles. The van der Waals surface area contributed by atoms with Crippen LogP contribution in [0.3, 0.4) is 0 Å². The SMILES string of the molecule is CC(C)(C)c1cc(-c2cccc(-c3ccccc3-c3ccccc3-c3ccccc3-c3ccccc3-c3cccc(-c4cc(C(C)(C)C)nc(C(C)(C)C)c4)c3)c2)cc(C(C)(C)C)n1. The van der Waals surface area contributed by atoms with E-state index in [1.54, 1.807) is 0 Å². The van der Waals surface area contributed by atoms with Gasteiger partial charge in [0.1, 0.15) is 0 Å². The maximum absolute atomic E-state index is 5.16. The molecule has 0 spiro atoms. The molecule has 0 saturated heterocycles. The van der Waals surface area contributed by atoms with E-state index in [0.29, 0.717) is 0 Å². The summed E-state index contributed by atoms with van der Waals surface area (Å²) in [6, 6.07) is 62.8. The summed E-state index contributed by atoms with van der Waals surface area (Å²) in [5, 5.41) is 0. The molecule has 8 rings (SSSR count). The molecule has 0 aliphatic carbocycles. The van der Waals surface area contributed by atoms with Crippen molar-refractivity contribution in [3.63, 3.8) is 0 Å². The largest absolute Gasteiger partial charge is 0.257 e. The molecule has 2 aromatic heterocycles. The number of benzene rings is 6. The highest BCUT2D eigenvalue weighted by atomic mass is 14.8. The number of rotatable bonds is 7. The van der Waals surface area contributed by atoms with E-state index in [1.807, 2.05) is 0 Å². The maximum atomic E-state index is 5.16. The molecule has 0 unspecified atom stereocenters. The normalized spacial score (nSPS) is 12.4. The van der Waals surface area contributed by atoms with Crippen LogP contribution in [0.15, 0.2) is 170 Å². The fourth-order valence-corrected chi connectivity index (χ4v) is 8.51. The molecule has 0 radical (unpaired) electrons. The molecule has 2 heteroatoms. The van der Waals surface area contributed by atoms with E-state index in [4.69, 9.17) is 9.97 Å². The van der Waals surface area contributed by atoms with Crippen LogP contribution in [0.4, 0.5) is 0 Å². The van der Waals surface area contributed by atoms with Crippen LogP contribution in [0, 0.1) is 0 Å². The average Bonchev–Trinajstić information content (AvgIpc) is 3.27. The smallest absolute Gasteiger partial charge is 0.0466 e. The lowest BCUT2D eigenvalue weighted by Crippen LogP contribution is -2.20. The Morgan fingerprint density at radius 1 is 0.219 bits per heavy atom. The summed E-state index contributed by atoms with van der Waals surface area (Å²) in [6.07, 6.45) is 0. The van der Waals surface area contributed by atoms with Crippen molar-refractivity contribution in [2.45, 2.75) is 105 Å². The zero-order chi connectivity index (χ0) is 45.6. The summed E-state index contributed by atoms with van der Waals surface area (Å²) in [7, 11) is 0. The second-order valence-corrected chi connectivity index (χ2v) is 21.6. The van der Waals surface area contributed by atoms with Crippen molar-refractivity contribution in [2.75, 3.05) is 0 Å². The van der Waals surface area contributed by atoms with Gasteiger partial charge in [0.25, 0.3) is 0 Å². The van der Waals surface area contributed by atoms with Crippen LogP contribution in [0.1, 0.15) is 106 Å². The second kappa shape index (κ2) is 17.0. The van der Waals surface area contributed by atoms with Crippen molar-refractivity contribution in [2.24, 2.45) is 0 Å². The van der Waals surface area contributed by atoms with Crippen LogP contribution in [-0.4, -0.2) is 9.97 Å². The Morgan fingerprint density at radius 3 is 0.688 bits per heavy atom. The molecule has 0 fully saturated rings. The van der Waals surface area contributed by atoms with Crippen LogP contribution < -0.4 is 0 Å². The van der Waals surface area contributed by atoms with Crippen molar-refractivity contribution in [3.8, 4) is 77.9 Å². The van der Waals surface area contributed by atoms with Gasteiger partial charge in [-0.25, -0.2) is 0 Å². The highest BCUT2D eigenvalue weighted by Gasteiger charge is 2.25. The first kappa shape index (κ1) is 44.2. The fraction of sp³-hybridized carbons (Fsp3) is 0.258. The van der Waals surface area contributed by atoms with Gasteiger partial charge in [-0.05, 0) is 114 Å². The van der Waals surface area contributed by atoms with Crippen molar-refractivity contribution in [3.05, 3.63) is 193 Å². The highest BCUT2D eigenvalue weighted by Crippen LogP contribution is 2.45. The molecule has 322 valence electrons. The Hall–Kier alpha value is -6.38. The molecular formula is C62H64N2. The van der Waals surface area contributed by atoms with Gasteiger partial charge in [0.15, 0.2) is 0 Å². The summed E-state index contributed by atoms with van der Waals surface area (Å²) in [4.78, 5) is 10.3. The predicted molar refractivity (Wildman–Crippen MR) is 275 cm³/mol. The molecular weight excluding hydrogens is 773 g/mol. The van der Waals surface area contributed by atoms with Gasteiger partial charge in [-0.15, -0.1) is 0 Å². The lowest BCUT2D eigenvalue weighted by atomic mass is 9.84. The monoisotopic (exact) mass is 837 g/mol. The first-order valence-corrected chi connectivity index (χ1v) is 22.9. The summed E-state index contributed by atoms with van der Waals surface area (Å²) in [6.45, 7) is 27.0. The van der Waals surface area contributed by atoms with Crippen LogP contribution in [0.25, 0.3) is 77.9 Å². The maximum Gasteiger partial charge on any atom is 0.0466 e. The molecule has 0 aliphatic heterocycles. The first-order chi connectivity index (χ1) is 30.3. The van der Waals surface area contributed by atoms with Gasteiger partial charge in [0.05, 0.1) is 0 Å². The summed E-state index contributed by atoms with van der Waals surface area (Å²) in [5.41, 5.74) is 20.9. The Labute approximate surface area is 383 Å². The number of hydrogen-bond acceptors (Lipinski definition) is 2. The van der Waals surface area contributed by atoms with Crippen LogP contribution in [0.5, 0.6) is 0 Å². The highest BCUT2D eigenvalue weighted by molar-refractivity contribution is 5.98. The molecule has 0 aliphatic rings. The lowest BCUT2D eigenvalue weighted by molar-refractivity contribution is 0.531. The Bertz CT molecular complexity index is 2700. The second-order valence-electron chi connectivity index (χ2n) is 21.6. The van der Waals surface area contributed by atoms with E-state index in [2.05, 4.69) is 253 Å². The van der Waals surface area contributed by atoms with E-state index in [0.717, 1.165) is 22.8 Å². The number of pyridine rings is 2. The Kier molecular flexibility index (Phi) is 11.7. The molecule has 0 atom stereocenters. The molecule has 2 heterocycles. The van der Waals surface area contributed by atoms with Gasteiger partial charge in [-0.2, -0.15) is 0 Å². The molecule has 64 heavy (non-hydrogen) atoms. The summed E-state index contributed by atoms with van der Waals surface area (Å²) >= 11 is 0. The molecule has 0 bridgehead atoms. The third kappa shape index (κ3) is 9.29. The molecule has 0 N–H and O–H groups in total. The van der Waals surface area contributed by atoms with Crippen molar-refractivity contribution in [1.82, 2.24) is 9.97 Å². The summed E-state index contributed by atoms with van der Waals surface area (Å²) < 4.78 is 0. The zero-order valence-corrected chi connectivity index (χ0v) is 40.1. The van der Waals surface area contributed by atoms with E-state index in [1.165, 1.54) is 77.9 Å². The van der Waals surface area contributed by atoms with Crippen LogP contribution in [0.2, 0.25) is 0 Å². The van der Waals surface area contributed by atoms with Gasteiger partial charge < -0.3 is 0 Å². The van der Waals surface area contributed by atoms with Crippen LogP contribution >= 0.6 is 0 Å². The van der Waals surface area contributed by atoms with Gasteiger partial charge in [-0.3, -0.25) is 9.97 Å². The van der Waals surface area contributed by atoms with Gasteiger partial charge in [0, 0.05) is 44.4 Å².